The Labute approximate surface area is 308 Å². The minimum atomic E-state index is -0.433. The Morgan fingerprint density at radius 1 is 0.451 bits per heavy atom. The van der Waals surface area contributed by atoms with Crippen LogP contribution in [0.5, 0.6) is 0 Å². The zero-order chi connectivity index (χ0) is 41.2. The monoisotopic (exact) mass is 660 g/mol. The summed E-state index contributed by atoms with van der Waals surface area (Å²) in [7, 11) is 0. The Balaban J connectivity index is 1.34. The molecule has 242 valence electrons. The molecule has 0 aliphatic rings. The van der Waals surface area contributed by atoms with Gasteiger partial charge in [-0.15, -0.1) is 0 Å². The number of hydrogen-bond donors (Lipinski definition) is 0. The molecule has 0 N–H and O–H groups in total. The van der Waals surface area contributed by atoms with Crippen molar-refractivity contribution in [3.63, 3.8) is 0 Å². The maximum absolute atomic E-state index is 9.44. The molecule has 0 amide bonds. The first-order chi connectivity index (χ1) is 28.3. The summed E-state index contributed by atoms with van der Waals surface area (Å²) in [6.07, 6.45) is 0. The highest BCUT2D eigenvalue weighted by atomic mass is 16.3. The third kappa shape index (κ3) is 4.62. The Bertz CT molecular complexity index is 3380. The van der Waals surface area contributed by atoms with Crippen LogP contribution in [0.4, 0.5) is 0 Å². The zero-order valence-electron chi connectivity index (χ0n) is 36.4. The predicted molar refractivity (Wildman–Crippen MR) is 219 cm³/mol. The lowest BCUT2D eigenvalue weighted by atomic mass is 9.84. The number of benzene rings is 9. The van der Waals surface area contributed by atoms with E-state index in [0.29, 0.717) is 33.4 Å². The van der Waals surface area contributed by atoms with Gasteiger partial charge >= 0.3 is 0 Å². The molecule has 0 fully saturated rings. The highest BCUT2D eigenvalue weighted by Gasteiger charge is 2.21. The van der Waals surface area contributed by atoms with E-state index in [1.165, 1.54) is 5.56 Å². The lowest BCUT2D eigenvalue weighted by Crippen LogP contribution is -2.10. The molecule has 0 spiro atoms. The summed E-state index contributed by atoms with van der Waals surface area (Å²) in [5.41, 5.74) is 6.20. The lowest BCUT2D eigenvalue weighted by Gasteiger charge is -2.20. The molecule has 0 bridgehead atoms. The van der Waals surface area contributed by atoms with E-state index < -0.39 is 24.2 Å². The molecule has 0 unspecified atom stereocenters. The average Bonchev–Trinajstić information content (AvgIpc) is 3.62. The van der Waals surface area contributed by atoms with E-state index in [0.717, 1.165) is 43.4 Å². The van der Waals surface area contributed by atoms with Crippen LogP contribution in [-0.2, 0) is 5.41 Å². The zero-order valence-corrected chi connectivity index (χ0v) is 28.4. The number of para-hydroxylation sites is 1. The van der Waals surface area contributed by atoms with Gasteiger partial charge in [0.15, 0.2) is 0 Å². The third-order valence-electron chi connectivity index (χ3n) is 10.3. The molecule has 0 aliphatic carbocycles. The van der Waals surface area contributed by atoms with E-state index in [2.05, 4.69) is 63.2 Å². The molecule has 51 heavy (non-hydrogen) atoms. The fraction of sp³-hybridized carbons (Fsp3) is 0.0800. The van der Waals surface area contributed by atoms with Crippen LogP contribution in [0.15, 0.2) is 168 Å². The van der Waals surface area contributed by atoms with Crippen molar-refractivity contribution in [2.75, 3.05) is 0 Å². The van der Waals surface area contributed by atoms with Crippen LogP contribution in [0.2, 0.25) is 0 Å². The van der Waals surface area contributed by atoms with Crippen molar-refractivity contribution in [1.29, 1.82) is 0 Å². The molecule has 0 saturated heterocycles. The second-order valence-electron chi connectivity index (χ2n) is 14.3. The summed E-state index contributed by atoms with van der Waals surface area (Å²) < 4.78 is 79.8. The predicted octanol–water partition coefficient (Wildman–Crippen LogP) is 14.5. The first kappa shape index (κ1) is 22.5. The fourth-order valence-electron chi connectivity index (χ4n) is 7.77. The molecule has 10 aromatic rings. The summed E-state index contributed by atoms with van der Waals surface area (Å²) in [4.78, 5) is 0. The van der Waals surface area contributed by atoms with Crippen molar-refractivity contribution in [1.82, 2.24) is 0 Å². The summed E-state index contributed by atoms with van der Waals surface area (Å²) in [6.45, 7) is 6.61. The average molecular weight is 661 g/mol. The smallest absolute Gasteiger partial charge is 0.143 e. The highest BCUT2D eigenvalue weighted by molar-refractivity contribution is 6.24. The van der Waals surface area contributed by atoms with Crippen molar-refractivity contribution in [3.05, 3.63) is 169 Å². The summed E-state index contributed by atoms with van der Waals surface area (Å²) in [6, 6.07) is 34.9. The van der Waals surface area contributed by atoms with Crippen LogP contribution in [0.1, 0.15) is 37.3 Å². The summed E-state index contributed by atoms with van der Waals surface area (Å²) in [5.74, 6) is 0. The molecule has 0 radical (unpaired) electrons. The first-order valence-electron chi connectivity index (χ1n) is 21.2. The van der Waals surface area contributed by atoms with Crippen LogP contribution in [0, 0.1) is 0 Å². The molecule has 1 heteroatoms. The standard InChI is InChI=1S/C50H36O/c1-50(2,3)34-27-25-32-15-10-21-36(44(32)30-34)42-23-12-24-43-45-29-33(26-28-46(45)51-49(42)43)47-38-17-6-8-19-40(38)48(41-20-9-7-18-39(41)47)37-22-11-14-31-13-4-5-16-35(31)37/h4-30H,1-3H3/i6D,7D,8D,9D,17D,18D,19D,20D. The number of rotatable bonds is 3. The topological polar surface area (TPSA) is 13.1 Å². The van der Waals surface area contributed by atoms with Gasteiger partial charge in [0.1, 0.15) is 11.2 Å². The van der Waals surface area contributed by atoms with Crippen molar-refractivity contribution in [3.8, 4) is 33.4 Å². The second-order valence-corrected chi connectivity index (χ2v) is 14.3. The van der Waals surface area contributed by atoms with Crippen LogP contribution >= 0.6 is 0 Å². The molecule has 9 aromatic carbocycles. The minimum Gasteiger partial charge on any atom is -0.455 e. The van der Waals surface area contributed by atoms with Crippen LogP contribution in [0.25, 0.3) is 98.4 Å². The highest BCUT2D eigenvalue weighted by Crippen LogP contribution is 2.47. The Kier molecular flexibility index (Phi) is 4.93. The van der Waals surface area contributed by atoms with Crippen LogP contribution in [-0.4, -0.2) is 0 Å². The van der Waals surface area contributed by atoms with Crippen LogP contribution < -0.4 is 0 Å². The quantitative estimate of drug-likeness (QED) is 0.172. The van der Waals surface area contributed by atoms with E-state index in [1.54, 1.807) is 0 Å². The maximum Gasteiger partial charge on any atom is 0.143 e. The van der Waals surface area contributed by atoms with Crippen molar-refractivity contribution < 1.29 is 15.4 Å². The first-order valence-corrected chi connectivity index (χ1v) is 17.2. The molecule has 0 saturated carbocycles. The van der Waals surface area contributed by atoms with Gasteiger partial charge in [-0.2, -0.15) is 0 Å². The van der Waals surface area contributed by atoms with E-state index in [1.807, 2.05) is 72.8 Å². The van der Waals surface area contributed by atoms with Gasteiger partial charge in [-0.25, -0.2) is 0 Å². The molecule has 1 heterocycles. The van der Waals surface area contributed by atoms with Gasteiger partial charge < -0.3 is 4.42 Å². The number of fused-ring (bicyclic) bond motifs is 7. The van der Waals surface area contributed by atoms with Gasteiger partial charge in [-0.3, -0.25) is 0 Å². The Morgan fingerprint density at radius 3 is 1.76 bits per heavy atom. The van der Waals surface area contributed by atoms with Gasteiger partial charge in [0.25, 0.3) is 0 Å². The largest absolute Gasteiger partial charge is 0.455 e. The summed E-state index contributed by atoms with van der Waals surface area (Å²) >= 11 is 0. The Morgan fingerprint density at radius 2 is 1.04 bits per heavy atom. The fourth-order valence-corrected chi connectivity index (χ4v) is 7.77. The van der Waals surface area contributed by atoms with Crippen molar-refractivity contribution in [2.24, 2.45) is 0 Å². The molecule has 0 aliphatic heterocycles. The lowest BCUT2D eigenvalue weighted by molar-refractivity contribution is 0.591. The van der Waals surface area contributed by atoms with Crippen molar-refractivity contribution in [2.45, 2.75) is 26.2 Å². The molecule has 1 nitrogen and oxygen atoms in total. The van der Waals surface area contributed by atoms with Gasteiger partial charge in [-0.1, -0.05) is 166 Å². The molecule has 10 rings (SSSR count). The number of furan rings is 1. The second kappa shape index (κ2) is 11.2. The Hall–Kier alpha value is -6.18. The van der Waals surface area contributed by atoms with Crippen molar-refractivity contribution >= 4 is 65.0 Å². The van der Waals surface area contributed by atoms with Gasteiger partial charge in [0.2, 0.25) is 0 Å². The molecular formula is C50H36O. The van der Waals surface area contributed by atoms with Crippen LogP contribution in [0.3, 0.4) is 0 Å². The molecule has 1 aromatic heterocycles. The summed E-state index contributed by atoms with van der Waals surface area (Å²) in [5, 5.41) is 6.22. The maximum atomic E-state index is 9.44. The number of hydrogen-bond acceptors (Lipinski definition) is 1. The third-order valence-corrected chi connectivity index (χ3v) is 10.3. The molecule has 0 atom stereocenters. The van der Waals surface area contributed by atoms with Gasteiger partial charge in [-0.05, 0) is 100 Å². The van der Waals surface area contributed by atoms with Gasteiger partial charge in [0, 0.05) is 16.3 Å². The SMILES string of the molecule is [2H]c1c([2H])c([2H])c2c(-c3cccc4ccccc34)c3c([2H])c([2H])c([2H])c([2H])c3c(-c3ccc4oc5c(-c6cccc7ccc(C(C)(C)C)cc67)cccc5c4c3)c2c1[2H]. The normalized spacial score (nSPS) is 14.4. The van der Waals surface area contributed by atoms with E-state index in [-0.39, 0.29) is 51.1 Å². The minimum absolute atomic E-state index is 0.0459. The van der Waals surface area contributed by atoms with E-state index >= 15 is 0 Å². The molecular weight excluding hydrogens is 617 g/mol. The van der Waals surface area contributed by atoms with E-state index in [4.69, 9.17) is 9.90 Å². The van der Waals surface area contributed by atoms with E-state index in [9.17, 15) is 5.48 Å². The van der Waals surface area contributed by atoms with Gasteiger partial charge in [0.05, 0.1) is 11.0 Å².